The van der Waals surface area contributed by atoms with Gasteiger partial charge >= 0.3 is 12.3 Å². The Balaban J connectivity index is 2.44. The van der Waals surface area contributed by atoms with Crippen LogP contribution in [-0.4, -0.2) is 40.4 Å². The maximum atomic E-state index is 13.3. The minimum atomic E-state index is -4.99. The van der Waals surface area contributed by atoms with Crippen LogP contribution < -0.4 is 0 Å². The molecule has 1 N–H and O–H groups in total. The molecule has 20 heavy (non-hydrogen) atoms. The van der Waals surface area contributed by atoms with E-state index in [2.05, 4.69) is 9.84 Å². The molecule has 1 fully saturated rings. The highest BCUT2D eigenvalue weighted by molar-refractivity contribution is 5.93. The second-order valence-electron chi connectivity index (χ2n) is 5.14. The van der Waals surface area contributed by atoms with Gasteiger partial charge in [0, 0.05) is 5.71 Å². The van der Waals surface area contributed by atoms with Crippen molar-refractivity contribution in [2.75, 3.05) is 6.61 Å². The third kappa shape index (κ3) is 2.06. The van der Waals surface area contributed by atoms with Crippen LogP contribution in [0.4, 0.5) is 18.0 Å². The molecular weight excluding hydrogens is 277 g/mol. The molecule has 1 saturated carbocycles. The largest absolute Gasteiger partial charge is 0.448 e. The van der Waals surface area contributed by atoms with Gasteiger partial charge in [0.05, 0.1) is 12.5 Å². The van der Waals surface area contributed by atoms with E-state index in [-0.39, 0.29) is 29.7 Å². The molecule has 2 aliphatic rings. The van der Waals surface area contributed by atoms with Crippen LogP contribution >= 0.6 is 0 Å². The fraction of sp³-hybridized carbons (Fsp3) is 0.833. The van der Waals surface area contributed by atoms with Crippen molar-refractivity contribution in [3.63, 3.8) is 0 Å². The number of carbonyl (C=O) groups is 1. The lowest BCUT2D eigenvalue weighted by molar-refractivity contribution is -0.315. The summed E-state index contributed by atoms with van der Waals surface area (Å²) in [5.41, 5.74) is -3.08. The van der Waals surface area contributed by atoms with Crippen LogP contribution in [0.5, 0.6) is 0 Å². The number of alkyl halides is 3. The summed E-state index contributed by atoms with van der Waals surface area (Å²) in [5, 5.41) is 14.0. The molecular formula is C12H17F3N2O3. The van der Waals surface area contributed by atoms with Crippen molar-refractivity contribution in [2.45, 2.75) is 45.0 Å². The van der Waals surface area contributed by atoms with E-state index >= 15 is 0 Å². The Morgan fingerprint density at radius 2 is 2.20 bits per heavy atom. The lowest BCUT2D eigenvalue weighted by atomic mass is 9.75. The first-order valence-corrected chi connectivity index (χ1v) is 6.58. The van der Waals surface area contributed by atoms with Gasteiger partial charge in [-0.2, -0.15) is 23.3 Å². The van der Waals surface area contributed by atoms with Crippen molar-refractivity contribution < 1.29 is 27.8 Å². The molecule has 114 valence electrons. The molecule has 0 unspecified atom stereocenters. The highest BCUT2D eigenvalue weighted by Crippen LogP contribution is 2.49. The highest BCUT2D eigenvalue weighted by Gasteiger charge is 2.69. The zero-order valence-corrected chi connectivity index (χ0v) is 11.3. The van der Waals surface area contributed by atoms with Gasteiger partial charge in [0.25, 0.3) is 5.72 Å². The van der Waals surface area contributed by atoms with E-state index in [1.165, 1.54) is 6.92 Å². The van der Waals surface area contributed by atoms with Crippen LogP contribution in [-0.2, 0) is 4.74 Å². The van der Waals surface area contributed by atoms with Gasteiger partial charge < -0.3 is 9.84 Å². The Hall–Kier alpha value is -1.31. The monoisotopic (exact) mass is 294 g/mol. The van der Waals surface area contributed by atoms with Crippen LogP contribution in [0.1, 0.15) is 33.1 Å². The summed E-state index contributed by atoms with van der Waals surface area (Å²) in [7, 11) is 0. The number of rotatable bonds is 1. The maximum Gasteiger partial charge on any atom is 0.439 e. The Kier molecular flexibility index (Phi) is 3.70. The number of fused-ring (bicyclic) bond motifs is 1. The van der Waals surface area contributed by atoms with Crippen LogP contribution in [0.25, 0.3) is 0 Å². The van der Waals surface area contributed by atoms with Crippen LogP contribution in [0.3, 0.4) is 0 Å². The fourth-order valence-corrected chi connectivity index (χ4v) is 2.86. The van der Waals surface area contributed by atoms with E-state index in [0.717, 1.165) is 0 Å². The first-order chi connectivity index (χ1) is 9.23. The van der Waals surface area contributed by atoms with Crippen molar-refractivity contribution in [3.8, 4) is 0 Å². The summed E-state index contributed by atoms with van der Waals surface area (Å²) in [5.74, 6) is -1.40. The number of ether oxygens (including phenoxy) is 1. The van der Waals surface area contributed by atoms with E-state index in [1.54, 1.807) is 6.92 Å². The highest BCUT2D eigenvalue weighted by atomic mass is 19.4. The number of hydrogen-bond acceptors (Lipinski definition) is 4. The molecule has 0 saturated heterocycles. The smallest absolute Gasteiger partial charge is 0.439 e. The molecule has 1 amide bonds. The summed E-state index contributed by atoms with van der Waals surface area (Å²) in [6.45, 7) is 3.13. The Morgan fingerprint density at radius 3 is 2.75 bits per heavy atom. The quantitative estimate of drug-likeness (QED) is 0.808. The second kappa shape index (κ2) is 4.91. The second-order valence-corrected chi connectivity index (χ2v) is 5.14. The molecule has 5 nitrogen and oxygen atoms in total. The van der Waals surface area contributed by atoms with Gasteiger partial charge in [0.15, 0.2) is 0 Å². The molecule has 0 bridgehead atoms. The molecule has 0 radical (unpaired) electrons. The third-order valence-electron chi connectivity index (χ3n) is 3.87. The summed E-state index contributed by atoms with van der Waals surface area (Å²) in [6, 6.07) is 0. The molecule has 0 aromatic carbocycles. The summed E-state index contributed by atoms with van der Waals surface area (Å²) in [4.78, 5) is 11.7. The Labute approximate surface area is 114 Å². The zero-order chi connectivity index (χ0) is 15.1. The topological polar surface area (TPSA) is 62.1 Å². The molecule has 2 rings (SSSR count). The molecule has 1 heterocycles. The molecule has 1 aliphatic carbocycles. The number of amides is 1. The molecule has 0 aromatic rings. The van der Waals surface area contributed by atoms with Gasteiger partial charge in [-0.1, -0.05) is 13.3 Å². The fourth-order valence-electron chi connectivity index (χ4n) is 2.86. The van der Waals surface area contributed by atoms with Gasteiger partial charge in [0.1, 0.15) is 0 Å². The molecule has 0 aromatic heterocycles. The third-order valence-corrected chi connectivity index (χ3v) is 3.87. The summed E-state index contributed by atoms with van der Waals surface area (Å²) in [6.07, 6.45) is -4.87. The van der Waals surface area contributed by atoms with E-state index in [9.17, 15) is 23.1 Å². The van der Waals surface area contributed by atoms with Crippen molar-refractivity contribution in [1.82, 2.24) is 5.01 Å². The molecule has 8 heteroatoms. The zero-order valence-electron chi connectivity index (χ0n) is 11.3. The van der Waals surface area contributed by atoms with Crippen LogP contribution in [0.15, 0.2) is 5.10 Å². The lowest BCUT2D eigenvalue weighted by Gasteiger charge is -2.38. The number of halogens is 3. The SMILES string of the molecule is CCOC(=O)N1N=C2[C@H](C)CCC[C@H]2[C@@]1(O)C(F)(F)F. The van der Waals surface area contributed by atoms with Crippen molar-refractivity contribution in [1.29, 1.82) is 0 Å². The lowest BCUT2D eigenvalue weighted by Crippen LogP contribution is -2.61. The number of aliphatic hydroxyl groups is 1. The number of hydrogen-bond donors (Lipinski definition) is 1. The van der Waals surface area contributed by atoms with E-state index in [0.29, 0.717) is 12.8 Å². The standard InChI is InChI=1S/C12H17F3N2O3/c1-3-20-10(18)17-11(19,12(13,14)15)8-6-4-5-7(2)9(8)16-17/h7-8,19H,3-6H2,1-2H3/t7-,8-,11-/m1/s1. The van der Waals surface area contributed by atoms with Crippen molar-refractivity contribution >= 4 is 11.8 Å². The average molecular weight is 294 g/mol. The van der Waals surface area contributed by atoms with Gasteiger partial charge in [0.2, 0.25) is 0 Å². The Bertz CT molecular complexity index is 438. The number of nitrogens with zero attached hydrogens (tertiary/aromatic N) is 2. The molecule has 0 spiro atoms. The minimum Gasteiger partial charge on any atom is -0.448 e. The van der Waals surface area contributed by atoms with E-state index in [1.807, 2.05) is 0 Å². The van der Waals surface area contributed by atoms with Gasteiger partial charge in [-0.25, -0.2) is 4.79 Å². The van der Waals surface area contributed by atoms with Gasteiger partial charge in [-0.05, 0) is 25.7 Å². The molecule has 3 atom stereocenters. The predicted octanol–water partition coefficient (Wildman–Crippen LogP) is 2.50. The van der Waals surface area contributed by atoms with Gasteiger partial charge in [-0.15, -0.1) is 0 Å². The predicted molar refractivity (Wildman–Crippen MR) is 63.8 cm³/mol. The first-order valence-electron chi connectivity index (χ1n) is 6.58. The number of carbonyl (C=O) groups excluding carboxylic acids is 1. The van der Waals surface area contributed by atoms with E-state index in [4.69, 9.17) is 0 Å². The van der Waals surface area contributed by atoms with Crippen LogP contribution in [0.2, 0.25) is 0 Å². The maximum absolute atomic E-state index is 13.3. The van der Waals surface area contributed by atoms with Gasteiger partial charge in [-0.3, -0.25) is 0 Å². The van der Waals surface area contributed by atoms with E-state index < -0.39 is 23.9 Å². The van der Waals surface area contributed by atoms with Crippen LogP contribution in [0, 0.1) is 11.8 Å². The normalized spacial score (nSPS) is 33.7. The minimum absolute atomic E-state index is 0.0678. The first kappa shape index (κ1) is 15.1. The summed E-state index contributed by atoms with van der Waals surface area (Å²) >= 11 is 0. The average Bonchev–Trinajstić information content (AvgIpc) is 2.66. The molecule has 1 aliphatic heterocycles. The summed E-state index contributed by atoms with van der Waals surface area (Å²) < 4.78 is 44.5. The number of hydrazone groups is 1. The van der Waals surface area contributed by atoms with Crippen molar-refractivity contribution in [3.05, 3.63) is 0 Å². The Morgan fingerprint density at radius 1 is 1.55 bits per heavy atom. The van der Waals surface area contributed by atoms with Crippen molar-refractivity contribution in [2.24, 2.45) is 16.9 Å².